The van der Waals surface area contributed by atoms with E-state index >= 15 is 0 Å². The van der Waals surface area contributed by atoms with Crippen LogP contribution in [0.2, 0.25) is 0 Å². The number of aliphatic hydroxyl groups is 1. The third kappa shape index (κ3) is 3.69. The van der Waals surface area contributed by atoms with Crippen molar-refractivity contribution < 1.29 is 9.84 Å². The number of hydrogen-bond donors (Lipinski definition) is 1. The molecule has 0 spiro atoms. The Labute approximate surface area is 132 Å². The van der Waals surface area contributed by atoms with Gasteiger partial charge >= 0.3 is 0 Å². The van der Waals surface area contributed by atoms with Crippen LogP contribution in [0.3, 0.4) is 0 Å². The lowest BCUT2D eigenvalue weighted by atomic mass is 9.75. The molecule has 2 aromatic rings. The first-order valence-corrected chi connectivity index (χ1v) is 8.17. The van der Waals surface area contributed by atoms with Gasteiger partial charge in [0, 0.05) is 0 Å². The average Bonchev–Trinajstić information content (AvgIpc) is 2.56. The molecular weight excluding hydrogens is 272 g/mol. The fourth-order valence-corrected chi connectivity index (χ4v) is 3.34. The van der Waals surface area contributed by atoms with Crippen LogP contribution in [0.25, 0.3) is 0 Å². The second-order valence-electron chi connectivity index (χ2n) is 6.40. The molecule has 2 heteroatoms. The maximum atomic E-state index is 9.95. The Hall–Kier alpha value is -1.80. The van der Waals surface area contributed by atoms with Gasteiger partial charge in [-0.3, -0.25) is 0 Å². The highest BCUT2D eigenvalue weighted by Crippen LogP contribution is 2.38. The van der Waals surface area contributed by atoms with Crippen LogP contribution in [0, 0.1) is 5.92 Å². The highest BCUT2D eigenvalue weighted by Gasteiger charge is 2.27. The number of ether oxygens (including phenoxy) is 1. The molecule has 116 valence electrons. The summed E-state index contributed by atoms with van der Waals surface area (Å²) in [4.78, 5) is 0. The van der Waals surface area contributed by atoms with Gasteiger partial charge in [0.1, 0.15) is 12.4 Å². The SMILES string of the molecule is CC1CCC(O)CC1c1cccc(OCc2ccccc2)c1. The van der Waals surface area contributed by atoms with Crippen LogP contribution in [0.1, 0.15) is 43.2 Å². The quantitative estimate of drug-likeness (QED) is 0.898. The molecule has 0 aromatic heterocycles. The van der Waals surface area contributed by atoms with Crippen molar-refractivity contribution in [1.29, 1.82) is 0 Å². The predicted molar refractivity (Wildman–Crippen MR) is 89.0 cm³/mol. The zero-order chi connectivity index (χ0) is 15.4. The number of aliphatic hydroxyl groups excluding tert-OH is 1. The van der Waals surface area contributed by atoms with Crippen LogP contribution < -0.4 is 4.74 Å². The fraction of sp³-hybridized carbons (Fsp3) is 0.400. The average molecular weight is 296 g/mol. The summed E-state index contributed by atoms with van der Waals surface area (Å²) in [6, 6.07) is 18.6. The minimum absolute atomic E-state index is 0.157. The van der Waals surface area contributed by atoms with E-state index < -0.39 is 0 Å². The van der Waals surface area contributed by atoms with Crippen LogP contribution >= 0.6 is 0 Å². The van der Waals surface area contributed by atoms with Gasteiger partial charge in [-0.15, -0.1) is 0 Å². The lowest BCUT2D eigenvalue weighted by Gasteiger charge is -2.32. The van der Waals surface area contributed by atoms with Crippen LogP contribution in [0.4, 0.5) is 0 Å². The third-order valence-corrected chi connectivity index (χ3v) is 4.70. The molecule has 0 bridgehead atoms. The van der Waals surface area contributed by atoms with Crippen LogP contribution in [-0.2, 0) is 6.61 Å². The first kappa shape index (κ1) is 15.1. The highest BCUT2D eigenvalue weighted by atomic mass is 16.5. The Morgan fingerprint density at radius 3 is 2.68 bits per heavy atom. The van der Waals surface area contributed by atoms with Gasteiger partial charge in [-0.25, -0.2) is 0 Å². The molecule has 0 radical (unpaired) electrons. The van der Waals surface area contributed by atoms with E-state index in [2.05, 4.69) is 37.3 Å². The molecule has 22 heavy (non-hydrogen) atoms. The zero-order valence-electron chi connectivity index (χ0n) is 13.1. The van der Waals surface area contributed by atoms with Gasteiger partial charge < -0.3 is 9.84 Å². The molecule has 1 N–H and O–H groups in total. The van der Waals surface area contributed by atoms with E-state index in [0.717, 1.165) is 25.0 Å². The number of rotatable bonds is 4. The summed E-state index contributed by atoms with van der Waals surface area (Å²) in [6.07, 6.45) is 2.74. The summed E-state index contributed by atoms with van der Waals surface area (Å²) < 4.78 is 5.92. The van der Waals surface area contributed by atoms with Gasteiger partial charge in [-0.1, -0.05) is 49.4 Å². The summed E-state index contributed by atoms with van der Waals surface area (Å²) in [5.74, 6) is 1.96. The lowest BCUT2D eigenvalue weighted by Crippen LogP contribution is -2.24. The van der Waals surface area contributed by atoms with Crippen molar-refractivity contribution in [3.63, 3.8) is 0 Å². The molecule has 3 atom stereocenters. The second kappa shape index (κ2) is 6.97. The van der Waals surface area contributed by atoms with E-state index in [4.69, 9.17) is 4.74 Å². The molecule has 3 rings (SSSR count). The summed E-state index contributed by atoms with van der Waals surface area (Å²) in [7, 11) is 0. The number of benzene rings is 2. The van der Waals surface area contributed by atoms with E-state index in [0.29, 0.717) is 18.4 Å². The first-order valence-electron chi connectivity index (χ1n) is 8.17. The minimum atomic E-state index is -0.157. The fourth-order valence-electron chi connectivity index (χ4n) is 3.34. The molecule has 0 heterocycles. The van der Waals surface area contributed by atoms with Crippen molar-refractivity contribution in [2.75, 3.05) is 0 Å². The van der Waals surface area contributed by atoms with E-state index in [-0.39, 0.29) is 6.10 Å². The Kier molecular flexibility index (Phi) is 4.79. The summed E-state index contributed by atoms with van der Waals surface area (Å²) in [5, 5.41) is 9.95. The molecule has 3 unspecified atom stereocenters. The molecular formula is C20H24O2. The summed E-state index contributed by atoms with van der Waals surface area (Å²) in [5.41, 5.74) is 2.46. The Balaban J connectivity index is 1.69. The van der Waals surface area contributed by atoms with E-state index in [1.165, 1.54) is 11.1 Å². The van der Waals surface area contributed by atoms with Gasteiger partial charge in [-0.05, 0) is 54.4 Å². The smallest absolute Gasteiger partial charge is 0.120 e. The Morgan fingerprint density at radius 1 is 1.05 bits per heavy atom. The standard InChI is InChI=1S/C20H24O2/c1-15-10-11-18(21)13-20(15)17-8-5-9-19(12-17)22-14-16-6-3-2-4-7-16/h2-9,12,15,18,20-21H,10-11,13-14H2,1H3. The molecule has 0 saturated heterocycles. The van der Waals surface area contributed by atoms with Gasteiger partial charge in [0.15, 0.2) is 0 Å². The van der Waals surface area contributed by atoms with Gasteiger partial charge in [-0.2, -0.15) is 0 Å². The molecule has 0 amide bonds. The minimum Gasteiger partial charge on any atom is -0.489 e. The normalized spacial score (nSPS) is 24.9. The first-order chi connectivity index (χ1) is 10.7. The summed E-state index contributed by atoms with van der Waals surface area (Å²) in [6.45, 7) is 2.88. The van der Waals surface area contributed by atoms with Crippen molar-refractivity contribution >= 4 is 0 Å². The second-order valence-corrected chi connectivity index (χ2v) is 6.40. The summed E-state index contributed by atoms with van der Waals surface area (Å²) >= 11 is 0. The van der Waals surface area contributed by atoms with E-state index in [1.54, 1.807) is 0 Å². The van der Waals surface area contributed by atoms with Gasteiger partial charge in [0.05, 0.1) is 6.10 Å². The molecule has 2 nitrogen and oxygen atoms in total. The maximum absolute atomic E-state index is 9.95. The highest BCUT2D eigenvalue weighted by molar-refractivity contribution is 5.32. The van der Waals surface area contributed by atoms with Crippen molar-refractivity contribution in [1.82, 2.24) is 0 Å². The molecule has 1 aliphatic rings. The lowest BCUT2D eigenvalue weighted by molar-refractivity contribution is 0.0981. The predicted octanol–water partition coefficient (Wildman–Crippen LogP) is 4.53. The zero-order valence-corrected chi connectivity index (χ0v) is 13.1. The molecule has 1 fully saturated rings. The molecule has 1 saturated carbocycles. The van der Waals surface area contributed by atoms with Gasteiger partial charge in [0.2, 0.25) is 0 Å². The van der Waals surface area contributed by atoms with Crippen LogP contribution in [0.5, 0.6) is 5.75 Å². The topological polar surface area (TPSA) is 29.5 Å². The van der Waals surface area contributed by atoms with Crippen molar-refractivity contribution in [3.8, 4) is 5.75 Å². The van der Waals surface area contributed by atoms with Crippen molar-refractivity contribution in [2.24, 2.45) is 5.92 Å². The van der Waals surface area contributed by atoms with E-state index in [9.17, 15) is 5.11 Å². The Morgan fingerprint density at radius 2 is 1.86 bits per heavy atom. The van der Waals surface area contributed by atoms with Gasteiger partial charge in [0.25, 0.3) is 0 Å². The molecule has 2 aromatic carbocycles. The molecule has 1 aliphatic carbocycles. The molecule has 0 aliphatic heterocycles. The van der Waals surface area contributed by atoms with E-state index in [1.807, 2.05) is 24.3 Å². The van der Waals surface area contributed by atoms with Crippen LogP contribution in [-0.4, -0.2) is 11.2 Å². The maximum Gasteiger partial charge on any atom is 0.120 e. The van der Waals surface area contributed by atoms with Crippen LogP contribution in [0.15, 0.2) is 54.6 Å². The monoisotopic (exact) mass is 296 g/mol. The third-order valence-electron chi connectivity index (χ3n) is 4.70. The number of hydrogen-bond acceptors (Lipinski definition) is 2. The van der Waals surface area contributed by atoms with Crippen molar-refractivity contribution in [2.45, 2.75) is 44.8 Å². The largest absolute Gasteiger partial charge is 0.489 e. The Bertz CT molecular complexity index is 594. The van der Waals surface area contributed by atoms with Crippen molar-refractivity contribution in [3.05, 3.63) is 65.7 Å².